The maximum atomic E-state index is 12.9. The summed E-state index contributed by atoms with van der Waals surface area (Å²) in [6.45, 7) is 5.78. The van der Waals surface area contributed by atoms with Crippen molar-refractivity contribution in [1.82, 2.24) is 0 Å². The molecule has 0 bridgehead atoms. The number of anilines is 2. The van der Waals surface area contributed by atoms with Crippen LogP contribution in [-0.4, -0.2) is 22.7 Å². The fourth-order valence-corrected chi connectivity index (χ4v) is 5.61. The van der Waals surface area contributed by atoms with Gasteiger partial charge in [0.2, 0.25) is 0 Å². The van der Waals surface area contributed by atoms with Crippen LogP contribution >= 0.6 is 39.9 Å². The summed E-state index contributed by atoms with van der Waals surface area (Å²) in [5.74, 6) is 0.190. The average molecular weight is 568 g/mol. The number of amides is 2. The molecular formula is C27H23BrN2O3S2. The summed E-state index contributed by atoms with van der Waals surface area (Å²) in [5, 5.41) is 2.91. The smallest absolute Gasteiger partial charge is 0.270 e. The van der Waals surface area contributed by atoms with E-state index in [2.05, 4.69) is 21.2 Å². The third-order valence-electron chi connectivity index (χ3n) is 5.40. The van der Waals surface area contributed by atoms with Gasteiger partial charge in [-0.2, -0.15) is 0 Å². The minimum atomic E-state index is -0.234. The highest BCUT2D eigenvalue weighted by molar-refractivity contribution is 9.10. The Hall–Kier alpha value is -2.94. The second-order valence-electron chi connectivity index (χ2n) is 8.17. The van der Waals surface area contributed by atoms with E-state index in [-0.39, 0.29) is 18.4 Å². The molecule has 0 saturated carbocycles. The molecule has 0 aliphatic carbocycles. The molecule has 3 aromatic carbocycles. The molecule has 3 aromatic rings. The Kier molecular flexibility index (Phi) is 7.74. The van der Waals surface area contributed by atoms with E-state index in [9.17, 15) is 9.59 Å². The summed E-state index contributed by atoms with van der Waals surface area (Å²) in [4.78, 5) is 27.4. The summed E-state index contributed by atoms with van der Waals surface area (Å²) >= 11 is 10.2. The van der Waals surface area contributed by atoms with Crippen molar-refractivity contribution in [1.29, 1.82) is 0 Å². The number of ether oxygens (including phenoxy) is 1. The van der Waals surface area contributed by atoms with Crippen LogP contribution in [0.2, 0.25) is 0 Å². The van der Waals surface area contributed by atoms with Crippen LogP contribution in [0.15, 0.2) is 70.0 Å². The van der Waals surface area contributed by atoms with Gasteiger partial charge in [0.05, 0.1) is 10.6 Å². The number of aryl methyl sites for hydroxylation is 3. The number of hydrogen-bond donors (Lipinski definition) is 1. The fraction of sp³-hybridized carbons (Fsp3) is 0.148. The lowest BCUT2D eigenvalue weighted by molar-refractivity contribution is -0.118. The number of thiocarbonyl (C=S) groups is 1. The molecule has 1 fully saturated rings. The largest absolute Gasteiger partial charge is 0.484 e. The van der Waals surface area contributed by atoms with E-state index in [1.807, 2.05) is 75.4 Å². The average Bonchev–Trinajstić information content (AvgIpc) is 3.09. The van der Waals surface area contributed by atoms with Crippen molar-refractivity contribution in [3.63, 3.8) is 0 Å². The molecule has 1 aliphatic heterocycles. The molecule has 8 heteroatoms. The molecule has 1 saturated heterocycles. The molecule has 35 heavy (non-hydrogen) atoms. The van der Waals surface area contributed by atoms with Crippen LogP contribution < -0.4 is 15.0 Å². The number of rotatable bonds is 6. The molecular weight excluding hydrogens is 544 g/mol. The van der Waals surface area contributed by atoms with E-state index in [1.165, 1.54) is 11.8 Å². The summed E-state index contributed by atoms with van der Waals surface area (Å²) < 4.78 is 7.13. The highest BCUT2D eigenvalue weighted by atomic mass is 79.9. The standard InChI is InChI=1S/C27H23BrN2O3S2/c1-16-4-8-21(9-5-16)30-26(32)23(35-27(30)34)14-19-6-10-22(11-7-19)33-15-24(31)29-25-17(2)12-20(28)13-18(25)3/h4-14H,15H2,1-3H3,(H,29,31)/b23-14-. The molecule has 0 aromatic heterocycles. The van der Waals surface area contributed by atoms with E-state index in [4.69, 9.17) is 17.0 Å². The lowest BCUT2D eigenvalue weighted by Gasteiger charge is -2.14. The number of thioether (sulfide) groups is 1. The van der Waals surface area contributed by atoms with Crippen molar-refractivity contribution in [2.75, 3.05) is 16.8 Å². The molecule has 0 spiro atoms. The van der Waals surface area contributed by atoms with Crippen molar-refractivity contribution >= 4 is 73.5 Å². The monoisotopic (exact) mass is 566 g/mol. The van der Waals surface area contributed by atoms with Crippen LogP contribution in [0.4, 0.5) is 11.4 Å². The first-order valence-electron chi connectivity index (χ1n) is 10.9. The number of hydrogen-bond acceptors (Lipinski definition) is 5. The predicted molar refractivity (Wildman–Crippen MR) is 151 cm³/mol. The van der Waals surface area contributed by atoms with E-state index in [0.717, 1.165) is 38.1 Å². The van der Waals surface area contributed by atoms with Gasteiger partial charge in [-0.05, 0) is 79.9 Å². The number of benzene rings is 3. The Morgan fingerprint density at radius 2 is 1.69 bits per heavy atom. The number of nitrogens with zero attached hydrogens (tertiary/aromatic N) is 1. The van der Waals surface area contributed by atoms with Crippen LogP contribution in [-0.2, 0) is 9.59 Å². The number of halogens is 1. The zero-order chi connectivity index (χ0) is 25.1. The Morgan fingerprint density at radius 1 is 1.06 bits per heavy atom. The molecule has 2 amide bonds. The van der Waals surface area contributed by atoms with Gasteiger partial charge in [0, 0.05) is 10.2 Å². The van der Waals surface area contributed by atoms with Gasteiger partial charge in [0.15, 0.2) is 10.9 Å². The predicted octanol–water partition coefficient (Wildman–Crippen LogP) is 6.80. The topological polar surface area (TPSA) is 58.6 Å². The number of carbonyl (C=O) groups excluding carboxylic acids is 2. The number of nitrogens with one attached hydrogen (secondary N) is 1. The number of carbonyl (C=O) groups is 2. The van der Waals surface area contributed by atoms with E-state index in [1.54, 1.807) is 17.0 Å². The SMILES string of the molecule is Cc1ccc(N2C(=O)/C(=C/c3ccc(OCC(=O)Nc4c(C)cc(Br)cc4C)cc3)SC2=S)cc1. The molecule has 4 rings (SSSR count). The first kappa shape index (κ1) is 25.2. The van der Waals surface area contributed by atoms with Gasteiger partial charge in [-0.3, -0.25) is 14.5 Å². The maximum absolute atomic E-state index is 12.9. The van der Waals surface area contributed by atoms with Gasteiger partial charge in [-0.25, -0.2) is 0 Å². The van der Waals surface area contributed by atoms with Crippen molar-refractivity contribution in [2.45, 2.75) is 20.8 Å². The molecule has 178 valence electrons. The first-order chi connectivity index (χ1) is 16.7. The van der Waals surface area contributed by atoms with Gasteiger partial charge in [0.1, 0.15) is 5.75 Å². The Bertz CT molecular complexity index is 1310. The second kappa shape index (κ2) is 10.8. The molecule has 1 N–H and O–H groups in total. The van der Waals surface area contributed by atoms with Crippen LogP contribution in [0.5, 0.6) is 5.75 Å². The van der Waals surface area contributed by atoms with Crippen LogP contribution in [0.1, 0.15) is 22.3 Å². The van der Waals surface area contributed by atoms with Crippen molar-refractivity contribution in [2.24, 2.45) is 0 Å². The highest BCUT2D eigenvalue weighted by Gasteiger charge is 2.33. The normalized spacial score (nSPS) is 14.5. The lowest BCUT2D eigenvalue weighted by atomic mass is 10.1. The Labute approximate surface area is 222 Å². The molecule has 1 aliphatic rings. The summed E-state index contributed by atoms with van der Waals surface area (Å²) in [7, 11) is 0. The van der Waals surface area contributed by atoms with Crippen molar-refractivity contribution in [3.8, 4) is 5.75 Å². The van der Waals surface area contributed by atoms with Crippen molar-refractivity contribution in [3.05, 3.63) is 92.3 Å². The van der Waals surface area contributed by atoms with Gasteiger partial charge < -0.3 is 10.1 Å². The lowest BCUT2D eigenvalue weighted by Crippen LogP contribution is -2.27. The van der Waals surface area contributed by atoms with E-state index in [0.29, 0.717) is 15.0 Å². The molecule has 0 radical (unpaired) electrons. The van der Waals surface area contributed by atoms with Gasteiger partial charge in [-0.15, -0.1) is 0 Å². The van der Waals surface area contributed by atoms with Gasteiger partial charge in [0.25, 0.3) is 11.8 Å². The second-order valence-corrected chi connectivity index (χ2v) is 10.8. The molecule has 0 unspecified atom stereocenters. The van der Waals surface area contributed by atoms with E-state index < -0.39 is 0 Å². The third kappa shape index (κ3) is 6.01. The zero-order valence-electron chi connectivity index (χ0n) is 19.4. The summed E-state index contributed by atoms with van der Waals surface area (Å²) in [5.41, 5.74) is 5.46. The van der Waals surface area contributed by atoms with Crippen LogP contribution in [0, 0.1) is 20.8 Å². The molecule has 1 heterocycles. The van der Waals surface area contributed by atoms with Gasteiger partial charge >= 0.3 is 0 Å². The third-order valence-corrected chi connectivity index (χ3v) is 7.16. The fourth-order valence-electron chi connectivity index (χ4n) is 3.63. The summed E-state index contributed by atoms with van der Waals surface area (Å²) in [6, 6.07) is 18.8. The van der Waals surface area contributed by atoms with E-state index >= 15 is 0 Å². The molecule has 5 nitrogen and oxygen atoms in total. The first-order valence-corrected chi connectivity index (χ1v) is 12.9. The summed E-state index contributed by atoms with van der Waals surface area (Å²) in [6.07, 6.45) is 1.81. The minimum absolute atomic E-state index is 0.108. The Balaban J connectivity index is 1.37. The maximum Gasteiger partial charge on any atom is 0.270 e. The zero-order valence-corrected chi connectivity index (χ0v) is 22.6. The quantitative estimate of drug-likeness (QED) is 0.262. The minimum Gasteiger partial charge on any atom is -0.484 e. The van der Waals surface area contributed by atoms with Gasteiger partial charge in [-0.1, -0.05) is 69.7 Å². The molecule has 0 atom stereocenters. The van der Waals surface area contributed by atoms with Crippen LogP contribution in [0.3, 0.4) is 0 Å². The van der Waals surface area contributed by atoms with Crippen LogP contribution in [0.25, 0.3) is 6.08 Å². The Morgan fingerprint density at radius 3 is 2.31 bits per heavy atom. The van der Waals surface area contributed by atoms with Crippen molar-refractivity contribution < 1.29 is 14.3 Å². The highest BCUT2D eigenvalue weighted by Crippen LogP contribution is 2.36.